The van der Waals surface area contributed by atoms with Crippen LogP contribution in [0.15, 0.2) is 203 Å². The zero-order valence-electron chi connectivity index (χ0n) is 33.6. The highest BCUT2D eigenvalue weighted by Gasteiger charge is 2.20. The molecule has 0 amide bonds. The number of benzene rings is 10. The molecule has 0 aliphatic rings. The second kappa shape index (κ2) is 12.3. The lowest BCUT2D eigenvalue weighted by atomic mass is 10.0. The van der Waals surface area contributed by atoms with Gasteiger partial charge in [-0.3, -0.25) is 0 Å². The van der Waals surface area contributed by atoms with E-state index in [-0.39, 0.29) is 0 Å². The normalized spacial score (nSPS) is 12.4. The molecule has 0 unspecified atom stereocenters. The van der Waals surface area contributed by atoms with E-state index in [4.69, 9.17) is 8.83 Å². The van der Waals surface area contributed by atoms with E-state index in [0.717, 1.165) is 49.7 Å². The van der Waals surface area contributed by atoms with Crippen molar-refractivity contribution in [3.05, 3.63) is 194 Å². The standard InChI is InChI=1S/C58H32N2O2S/c1-2-10-34-27-37(20-17-33(34)9-1)59-48-14-6-3-11-39(48)43-28-35(18-23-50(43)59)36-19-24-51-44(29-36)40-12-4-7-15-49(40)60(51)38-21-25-52-45(30-38)46-31-47-55(32-54(46)61-52)62-53-26-22-42-41-13-5-8-16-56(41)63-58(42)57(47)53/h1-32H. The Balaban J connectivity index is 0.890. The molecule has 0 N–H and O–H groups in total. The lowest BCUT2D eigenvalue weighted by molar-refractivity contribution is 0.656. The first kappa shape index (κ1) is 33.6. The molecule has 15 rings (SSSR count). The molecule has 0 aliphatic carbocycles. The van der Waals surface area contributed by atoms with E-state index in [2.05, 4.69) is 203 Å². The summed E-state index contributed by atoms with van der Waals surface area (Å²) in [4.78, 5) is 0. The predicted molar refractivity (Wildman–Crippen MR) is 266 cm³/mol. The minimum atomic E-state index is 0.825. The molecule has 63 heavy (non-hydrogen) atoms. The summed E-state index contributed by atoms with van der Waals surface area (Å²) in [7, 11) is 0. The van der Waals surface area contributed by atoms with Crippen molar-refractivity contribution in [2.75, 3.05) is 0 Å². The molecule has 5 heteroatoms. The van der Waals surface area contributed by atoms with Crippen LogP contribution in [0.5, 0.6) is 0 Å². The molecule has 0 bridgehead atoms. The van der Waals surface area contributed by atoms with Crippen LogP contribution in [0.25, 0.3) is 141 Å². The molecule has 292 valence electrons. The molecule has 4 nitrogen and oxygen atoms in total. The number of para-hydroxylation sites is 2. The van der Waals surface area contributed by atoms with E-state index in [1.165, 1.54) is 91.2 Å². The fourth-order valence-corrected chi connectivity index (χ4v) is 11.9. The number of fused-ring (bicyclic) bond motifs is 17. The zero-order valence-corrected chi connectivity index (χ0v) is 34.4. The third-order valence-corrected chi connectivity index (χ3v) is 14.7. The Bertz CT molecular complexity index is 4460. The summed E-state index contributed by atoms with van der Waals surface area (Å²) in [6, 6.07) is 70.7. The summed E-state index contributed by atoms with van der Waals surface area (Å²) >= 11 is 1.84. The number of thiophene rings is 1. The van der Waals surface area contributed by atoms with Crippen LogP contribution in [0.2, 0.25) is 0 Å². The second-order valence-electron chi connectivity index (χ2n) is 16.8. The number of hydrogen-bond donors (Lipinski definition) is 0. The average molecular weight is 821 g/mol. The third kappa shape index (κ3) is 4.64. The molecule has 0 saturated carbocycles. The summed E-state index contributed by atoms with van der Waals surface area (Å²) in [5, 5.41) is 14.4. The molecule has 5 aromatic heterocycles. The van der Waals surface area contributed by atoms with E-state index in [0.29, 0.717) is 0 Å². The number of aromatic nitrogens is 2. The minimum Gasteiger partial charge on any atom is -0.456 e. The van der Waals surface area contributed by atoms with Crippen LogP contribution in [0, 0.1) is 0 Å². The van der Waals surface area contributed by atoms with E-state index in [1.54, 1.807) is 0 Å². The number of furan rings is 2. The van der Waals surface area contributed by atoms with Gasteiger partial charge in [0.15, 0.2) is 0 Å². The molecular weight excluding hydrogens is 789 g/mol. The van der Waals surface area contributed by atoms with Gasteiger partial charge < -0.3 is 18.0 Å². The predicted octanol–water partition coefficient (Wildman–Crippen LogP) is 16.9. The summed E-state index contributed by atoms with van der Waals surface area (Å²) in [5.41, 5.74) is 12.8. The summed E-state index contributed by atoms with van der Waals surface area (Å²) in [6.45, 7) is 0. The van der Waals surface area contributed by atoms with E-state index < -0.39 is 0 Å². The van der Waals surface area contributed by atoms with Crippen molar-refractivity contribution < 1.29 is 8.83 Å². The van der Waals surface area contributed by atoms with Crippen molar-refractivity contribution >= 4 is 130 Å². The van der Waals surface area contributed by atoms with Crippen LogP contribution in [-0.2, 0) is 0 Å². The van der Waals surface area contributed by atoms with Gasteiger partial charge in [0.25, 0.3) is 0 Å². The van der Waals surface area contributed by atoms with Gasteiger partial charge in [0.2, 0.25) is 0 Å². The van der Waals surface area contributed by atoms with Crippen molar-refractivity contribution in [2.24, 2.45) is 0 Å². The van der Waals surface area contributed by atoms with Crippen LogP contribution in [0.3, 0.4) is 0 Å². The highest BCUT2D eigenvalue weighted by atomic mass is 32.1. The monoisotopic (exact) mass is 820 g/mol. The van der Waals surface area contributed by atoms with Crippen molar-refractivity contribution in [1.82, 2.24) is 9.13 Å². The topological polar surface area (TPSA) is 36.1 Å². The lowest BCUT2D eigenvalue weighted by Gasteiger charge is -2.10. The quantitative estimate of drug-likeness (QED) is 0.178. The summed E-state index contributed by atoms with van der Waals surface area (Å²) < 4.78 is 20.4. The highest BCUT2D eigenvalue weighted by molar-refractivity contribution is 7.26. The highest BCUT2D eigenvalue weighted by Crippen LogP contribution is 2.45. The lowest BCUT2D eigenvalue weighted by Crippen LogP contribution is -1.94. The van der Waals surface area contributed by atoms with E-state index in [9.17, 15) is 0 Å². The van der Waals surface area contributed by atoms with Crippen LogP contribution in [0.4, 0.5) is 0 Å². The zero-order chi connectivity index (χ0) is 40.9. The number of hydrogen-bond acceptors (Lipinski definition) is 3. The molecule has 0 spiro atoms. The Kier molecular flexibility index (Phi) is 6.53. The van der Waals surface area contributed by atoms with Crippen molar-refractivity contribution in [3.8, 4) is 22.5 Å². The van der Waals surface area contributed by atoms with Gasteiger partial charge in [-0.2, -0.15) is 0 Å². The molecule has 0 fully saturated rings. The van der Waals surface area contributed by atoms with Crippen LogP contribution < -0.4 is 0 Å². The van der Waals surface area contributed by atoms with Gasteiger partial charge in [-0.1, -0.05) is 97.1 Å². The second-order valence-corrected chi connectivity index (χ2v) is 17.9. The van der Waals surface area contributed by atoms with Gasteiger partial charge >= 0.3 is 0 Å². The largest absolute Gasteiger partial charge is 0.456 e. The Hall–Kier alpha value is -8.12. The first-order chi connectivity index (χ1) is 31.2. The Labute approximate surface area is 362 Å². The molecule has 0 aliphatic heterocycles. The smallest absolute Gasteiger partial charge is 0.139 e. The van der Waals surface area contributed by atoms with Crippen molar-refractivity contribution in [1.29, 1.82) is 0 Å². The molecule has 0 atom stereocenters. The van der Waals surface area contributed by atoms with Gasteiger partial charge in [-0.05, 0) is 113 Å². The molecule has 10 aromatic carbocycles. The third-order valence-electron chi connectivity index (χ3n) is 13.5. The maximum absolute atomic E-state index is 6.54. The van der Waals surface area contributed by atoms with Crippen molar-refractivity contribution in [2.45, 2.75) is 0 Å². The Morgan fingerprint density at radius 2 is 0.889 bits per heavy atom. The van der Waals surface area contributed by atoms with E-state index >= 15 is 0 Å². The first-order valence-electron chi connectivity index (χ1n) is 21.4. The average Bonchev–Trinajstić information content (AvgIpc) is 4.14. The first-order valence-corrected chi connectivity index (χ1v) is 22.2. The molecule has 0 radical (unpaired) electrons. The van der Waals surface area contributed by atoms with Crippen LogP contribution >= 0.6 is 11.3 Å². The maximum atomic E-state index is 6.54. The maximum Gasteiger partial charge on any atom is 0.139 e. The van der Waals surface area contributed by atoms with Gasteiger partial charge in [-0.15, -0.1) is 11.3 Å². The van der Waals surface area contributed by atoms with Crippen molar-refractivity contribution in [3.63, 3.8) is 0 Å². The van der Waals surface area contributed by atoms with Gasteiger partial charge in [0, 0.05) is 80.7 Å². The molecule has 5 heterocycles. The van der Waals surface area contributed by atoms with Gasteiger partial charge in [0.05, 0.1) is 22.1 Å². The Morgan fingerprint density at radius 3 is 1.65 bits per heavy atom. The van der Waals surface area contributed by atoms with Gasteiger partial charge in [-0.25, -0.2) is 0 Å². The molecule has 0 saturated heterocycles. The minimum absolute atomic E-state index is 0.825. The summed E-state index contributed by atoms with van der Waals surface area (Å²) in [5.74, 6) is 0. The summed E-state index contributed by atoms with van der Waals surface area (Å²) in [6.07, 6.45) is 0. The van der Waals surface area contributed by atoms with Crippen LogP contribution in [0.1, 0.15) is 0 Å². The fraction of sp³-hybridized carbons (Fsp3) is 0. The SMILES string of the molecule is c1ccc2cc(-n3c4ccccc4c4cc(-c5ccc6c(c5)c5ccccc5n6-c5ccc6oc7cc8oc9ccc%10c%11ccccc%11sc%10c9c8cc7c6c5)ccc43)ccc2c1. The van der Waals surface area contributed by atoms with Gasteiger partial charge in [0.1, 0.15) is 22.3 Å². The fourth-order valence-electron chi connectivity index (χ4n) is 10.6. The number of rotatable bonds is 3. The molecule has 15 aromatic rings. The Morgan fingerprint density at radius 1 is 0.317 bits per heavy atom. The van der Waals surface area contributed by atoms with E-state index in [1.807, 2.05) is 11.3 Å². The number of nitrogens with zero attached hydrogens (tertiary/aromatic N) is 2. The van der Waals surface area contributed by atoms with Crippen LogP contribution in [-0.4, -0.2) is 9.13 Å². The molecular formula is C58H32N2O2S.